The Morgan fingerprint density at radius 3 is 2.59 bits per heavy atom. The highest BCUT2D eigenvalue weighted by molar-refractivity contribution is 5.98. The van der Waals surface area contributed by atoms with Crippen LogP contribution in [0.1, 0.15) is 54.1 Å². The van der Waals surface area contributed by atoms with Crippen LogP contribution in [0.2, 0.25) is 0 Å². The van der Waals surface area contributed by atoms with E-state index in [2.05, 4.69) is 5.32 Å². The van der Waals surface area contributed by atoms with Crippen LogP contribution < -0.4 is 5.32 Å². The number of carboxylic acid groups (broad SMARTS) is 1. The highest BCUT2D eigenvalue weighted by Gasteiger charge is 2.19. The van der Waals surface area contributed by atoms with Crippen LogP contribution >= 0.6 is 0 Å². The van der Waals surface area contributed by atoms with Crippen LogP contribution in [0.25, 0.3) is 0 Å². The Morgan fingerprint density at radius 1 is 1.18 bits per heavy atom. The highest BCUT2D eigenvalue weighted by Crippen LogP contribution is 2.23. The maximum absolute atomic E-state index is 12.1. The molecule has 0 aromatic heterocycles. The number of carbonyl (C=O) groups excluding carboxylic acids is 2. The topological polar surface area (TPSA) is 83.5 Å². The van der Waals surface area contributed by atoms with Gasteiger partial charge < -0.3 is 10.4 Å². The summed E-state index contributed by atoms with van der Waals surface area (Å²) in [4.78, 5) is 34.7. The second-order valence-electron chi connectivity index (χ2n) is 5.63. The summed E-state index contributed by atoms with van der Waals surface area (Å²) in [7, 11) is 0. The number of ketones is 1. The first-order valence-electron chi connectivity index (χ1n) is 7.68. The smallest absolute Gasteiger partial charge is 0.326 e. The number of benzene rings is 1. The lowest BCUT2D eigenvalue weighted by Gasteiger charge is -2.12. The molecular formula is C17H21NO4. The molecule has 22 heavy (non-hydrogen) atoms. The van der Waals surface area contributed by atoms with Gasteiger partial charge in [0.25, 0.3) is 0 Å². The lowest BCUT2D eigenvalue weighted by atomic mass is 10.0. The van der Waals surface area contributed by atoms with E-state index in [0.717, 1.165) is 19.3 Å². The van der Waals surface area contributed by atoms with Gasteiger partial charge in [0.05, 0.1) is 0 Å². The summed E-state index contributed by atoms with van der Waals surface area (Å²) in [5.41, 5.74) is 3.17. The van der Waals surface area contributed by atoms with Gasteiger partial charge in [-0.1, -0.05) is 19.1 Å². The van der Waals surface area contributed by atoms with Gasteiger partial charge in [-0.05, 0) is 42.9 Å². The molecule has 1 aliphatic carbocycles. The van der Waals surface area contributed by atoms with E-state index in [1.165, 1.54) is 11.1 Å². The van der Waals surface area contributed by atoms with E-state index in [4.69, 9.17) is 5.11 Å². The van der Waals surface area contributed by atoms with E-state index in [1.54, 1.807) is 6.92 Å². The van der Waals surface area contributed by atoms with Crippen molar-refractivity contribution in [2.75, 3.05) is 0 Å². The molecule has 2 rings (SSSR count). The zero-order chi connectivity index (χ0) is 16.1. The second-order valence-corrected chi connectivity index (χ2v) is 5.63. The summed E-state index contributed by atoms with van der Waals surface area (Å²) < 4.78 is 0. The molecule has 118 valence electrons. The minimum absolute atomic E-state index is 0.0136. The number of rotatable bonds is 7. The third-order valence-electron chi connectivity index (χ3n) is 4.04. The maximum atomic E-state index is 12.1. The molecular weight excluding hydrogens is 282 g/mol. The second kappa shape index (κ2) is 7.20. The van der Waals surface area contributed by atoms with Gasteiger partial charge >= 0.3 is 5.97 Å². The van der Waals surface area contributed by atoms with Crippen LogP contribution in [0.5, 0.6) is 0 Å². The summed E-state index contributed by atoms with van der Waals surface area (Å²) in [5, 5.41) is 11.3. The average molecular weight is 303 g/mol. The fourth-order valence-corrected chi connectivity index (χ4v) is 2.72. The van der Waals surface area contributed by atoms with Gasteiger partial charge in [-0.2, -0.15) is 0 Å². The zero-order valence-corrected chi connectivity index (χ0v) is 12.7. The van der Waals surface area contributed by atoms with E-state index in [0.29, 0.717) is 12.0 Å². The number of nitrogens with one attached hydrogen (secondary N) is 1. The normalized spacial score (nSPS) is 14.2. The molecule has 0 saturated heterocycles. The van der Waals surface area contributed by atoms with E-state index in [1.807, 2.05) is 18.2 Å². The lowest BCUT2D eigenvalue weighted by molar-refractivity contribution is -0.141. The Kier molecular flexibility index (Phi) is 5.31. The molecule has 0 radical (unpaired) electrons. The quantitative estimate of drug-likeness (QED) is 0.756. The van der Waals surface area contributed by atoms with Crippen LogP contribution in [0.3, 0.4) is 0 Å². The first-order valence-corrected chi connectivity index (χ1v) is 7.68. The molecule has 0 bridgehead atoms. The maximum Gasteiger partial charge on any atom is 0.326 e. The molecule has 1 aliphatic rings. The van der Waals surface area contributed by atoms with Crippen LogP contribution in [-0.2, 0) is 22.4 Å². The molecule has 1 aromatic carbocycles. The van der Waals surface area contributed by atoms with Crippen LogP contribution in [0.4, 0.5) is 0 Å². The van der Waals surface area contributed by atoms with Gasteiger partial charge in [-0.15, -0.1) is 0 Å². The molecule has 0 aliphatic heterocycles. The minimum Gasteiger partial charge on any atom is -0.480 e. The first-order chi connectivity index (χ1) is 10.5. The molecule has 1 atom stereocenters. The zero-order valence-electron chi connectivity index (χ0n) is 12.7. The number of aliphatic carboxylic acids is 1. The Hall–Kier alpha value is -2.17. The Morgan fingerprint density at radius 2 is 1.91 bits per heavy atom. The van der Waals surface area contributed by atoms with Crippen LogP contribution in [0.15, 0.2) is 18.2 Å². The fourth-order valence-electron chi connectivity index (χ4n) is 2.72. The predicted molar refractivity (Wildman–Crippen MR) is 81.9 cm³/mol. The number of amides is 1. The molecule has 5 nitrogen and oxygen atoms in total. The average Bonchev–Trinajstić information content (AvgIpc) is 2.97. The first kappa shape index (κ1) is 16.2. The molecule has 1 amide bonds. The third-order valence-corrected chi connectivity index (χ3v) is 4.04. The van der Waals surface area contributed by atoms with E-state index < -0.39 is 17.9 Å². The molecule has 1 unspecified atom stereocenters. The van der Waals surface area contributed by atoms with Crippen molar-refractivity contribution >= 4 is 17.7 Å². The third kappa shape index (κ3) is 3.93. The van der Waals surface area contributed by atoms with Crippen LogP contribution in [0, 0.1) is 0 Å². The van der Waals surface area contributed by atoms with Crippen molar-refractivity contribution in [1.82, 2.24) is 5.32 Å². The SMILES string of the molecule is CCC(NC(=O)CCC(=O)c1ccc2c(c1)CCC2)C(=O)O. The Labute approximate surface area is 129 Å². The van der Waals surface area contributed by atoms with Crippen molar-refractivity contribution in [1.29, 1.82) is 0 Å². The minimum atomic E-state index is -1.05. The number of carbonyl (C=O) groups is 3. The van der Waals surface area contributed by atoms with Gasteiger partial charge in [0.15, 0.2) is 5.78 Å². The van der Waals surface area contributed by atoms with Gasteiger partial charge in [-0.25, -0.2) is 4.79 Å². The number of hydrogen-bond donors (Lipinski definition) is 2. The van der Waals surface area contributed by atoms with E-state index in [9.17, 15) is 14.4 Å². The van der Waals surface area contributed by atoms with Crippen molar-refractivity contribution in [2.24, 2.45) is 0 Å². The van der Waals surface area contributed by atoms with Crippen molar-refractivity contribution in [2.45, 2.75) is 51.5 Å². The lowest BCUT2D eigenvalue weighted by Crippen LogP contribution is -2.40. The number of hydrogen-bond acceptors (Lipinski definition) is 3. The van der Waals surface area contributed by atoms with Crippen molar-refractivity contribution in [3.05, 3.63) is 34.9 Å². The molecule has 0 saturated carbocycles. The van der Waals surface area contributed by atoms with Crippen molar-refractivity contribution in [3.8, 4) is 0 Å². The van der Waals surface area contributed by atoms with Gasteiger partial charge in [0.2, 0.25) is 5.91 Å². The number of aryl methyl sites for hydroxylation is 2. The van der Waals surface area contributed by atoms with Crippen molar-refractivity contribution < 1.29 is 19.5 Å². The van der Waals surface area contributed by atoms with Gasteiger partial charge in [0.1, 0.15) is 6.04 Å². The van der Waals surface area contributed by atoms with Gasteiger partial charge in [0, 0.05) is 18.4 Å². The largest absolute Gasteiger partial charge is 0.480 e. The monoisotopic (exact) mass is 303 g/mol. The molecule has 0 spiro atoms. The molecule has 2 N–H and O–H groups in total. The summed E-state index contributed by atoms with van der Waals surface area (Å²) in [5.74, 6) is -1.53. The summed E-state index contributed by atoms with van der Waals surface area (Å²) in [6.07, 6.45) is 3.64. The predicted octanol–water partition coefficient (Wildman–Crippen LogP) is 2.12. The standard InChI is InChI=1S/C17H21NO4/c1-2-14(17(21)22)18-16(20)9-8-15(19)13-7-6-11-4-3-5-12(11)10-13/h6-7,10,14H,2-5,8-9H2,1H3,(H,18,20)(H,21,22). The molecule has 0 fully saturated rings. The molecule has 0 heterocycles. The van der Waals surface area contributed by atoms with Crippen molar-refractivity contribution in [3.63, 3.8) is 0 Å². The summed E-state index contributed by atoms with van der Waals surface area (Å²) >= 11 is 0. The number of Topliss-reactive ketones (excluding diaryl/α,β-unsaturated/α-hetero) is 1. The Bertz CT molecular complexity index is 594. The number of carboxylic acids is 1. The summed E-state index contributed by atoms with van der Waals surface area (Å²) in [6, 6.07) is 4.85. The molecule has 1 aromatic rings. The molecule has 5 heteroatoms. The van der Waals surface area contributed by atoms with E-state index in [-0.39, 0.29) is 18.6 Å². The van der Waals surface area contributed by atoms with Gasteiger partial charge in [-0.3, -0.25) is 9.59 Å². The Balaban J connectivity index is 1.87. The highest BCUT2D eigenvalue weighted by atomic mass is 16.4. The van der Waals surface area contributed by atoms with E-state index >= 15 is 0 Å². The number of fused-ring (bicyclic) bond motifs is 1. The van der Waals surface area contributed by atoms with Crippen LogP contribution in [-0.4, -0.2) is 28.8 Å². The summed E-state index contributed by atoms with van der Waals surface area (Å²) in [6.45, 7) is 1.69. The fraction of sp³-hybridized carbons (Fsp3) is 0.471.